The Morgan fingerprint density at radius 1 is 1.36 bits per heavy atom. The number of thiazole rings is 1. The summed E-state index contributed by atoms with van der Waals surface area (Å²) >= 11 is 1.67. The van der Waals surface area contributed by atoms with Crippen LogP contribution in [-0.2, 0) is 24.1 Å². The number of para-hydroxylation sites is 1. The standard InChI is InChI=1S/C16H17N3O2S/c1-2-16-18-11(10-22-16)7-8-17-15(20)9-13-12-5-3-4-6-14(12)21-19-13/h3-6,10H,2,7-9H2,1H3,(H,17,20). The largest absolute Gasteiger partial charge is 0.356 e. The molecule has 2 heterocycles. The third-order valence-electron chi connectivity index (χ3n) is 3.39. The van der Waals surface area contributed by atoms with Gasteiger partial charge in [0, 0.05) is 23.7 Å². The quantitative estimate of drug-likeness (QED) is 0.759. The van der Waals surface area contributed by atoms with Gasteiger partial charge >= 0.3 is 0 Å². The fourth-order valence-electron chi connectivity index (χ4n) is 2.24. The molecule has 0 fully saturated rings. The molecule has 1 aromatic carbocycles. The number of hydrogen-bond acceptors (Lipinski definition) is 5. The van der Waals surface area contributed by atoms with E-state index >= 15 is 0 Å². The lowest BCUT2D eigenvalue weighted by molar-refractivity contribution is -0.120. The number of benzene rings is 1. The van der Waals surface area contributed by atoms with Crippen molar-refractivity contribution in [2.75, 3.05) is 6.54 Å². The molecule has 0 aliphatic heterocycles. The van der Waals surface area contributed by atoms with Crippen LogP contribution in [0.3, 0.4) is 0 Å². The van der Waals surface area contributed by atoms with Crippen molar-refractivity contribution in [1.29, 1.82) is 0 Å². The highest BCUT2D eigenvalue weighted by Crippen LogP contribution is 2.18. The number of aryl methyl sites for hydroxylation is 1. The van der Waals surface area contributed by atoms with Gasteiger partial charge in [0.05, 0.1) is 17.1 Å². The number of nitrogens with zero attached hydrogens (tertiary/aromatic N) is 2. The Labute approximate surface area is 132 Å². The van der Waals surface area contributed by atoms with Crippen LogP contribution in [0.1, 0.15) is 23.3 Å². The van der Waals surface area contributed by atoms with Gasteiger partial charge in [-0.15, -0.1) is 11.3 Å². The molecule has 114 valence electrons. The van der Waals surface area contributed by atoms with Gasteiger partial charge in [0.15, 0.2) is 5.58 Å². The van der Waals surface area contributed by atoms with Crippen LogP contribution in [-0.4, -0.2) is 22.6 Å². The van der Waals surface area contributed by atoms with Crippen LogP contribution in [0.2, 0.25) is 0 Å². The van der Waals surface area contributed by atoms with Gasteiger partial charge in [0.25, 0.3) is 0 Å². The highest BCUT2D eigenvalue weighted by atomic mass is 32.1. The zero-order chi connectivity index (χ0) is 15.4. The number of carbonyl (C=O) groups excluding carboxylic acids is 1. The zero-order valence-corrected chi connectivity index (χ0v) is 13.2. The molecule has 5 nitrogen and oxygen atoms in total. The highest BCUT2D eigenvalue weighted by molar-refractivity contribution is 7.09. The Kier molecular flexibility index (Phi) is 4.48. The molecule has 2 aromatic heterocycles. The molecule has 3 rings (SSSR count). The van der Waals surface area contributed by atoms with Gasteiger partial charge in [-0.2, -0.15) is 0 Å². The predicted octanol–water partition coefficient (Wildman–Crippen LogP) is 2.75. The first kappa shape index (κ1) is 14.7. The van der Waals surface area contributed by atoms with E-state index in [0.29, 0.717) is 17.8 Å². The van der Waals surface area contributed by atoms with E-state index in [1.807, 2.05) is 24.3 Å². The lowest BCUT2D eigenvalue weighted by Gasteiger charge is -2.02. The summed E-state index contributed by atoms with van der Waals surface area (Å²) in [6, 6.07) is 7.55. The molecule has 1 N–H and O–H groups in total. The summed E-state index contributed by atoms with van der Waals surface area (Å²) in [5.41, 5.74) is 2.42. The Morgan fingerprint density at radius 3 is 3.05 bits per heavy atom. The molecular weight excluding hydrogens is 298 g/mol. The maximum absolute atomic E-state index is 12.0. The minimum absolute atomic E-state index is 0.0509. The minimum Gasteiger partial charge on any atom is -0.356 e. The third-order valence-corrected chi connectivity index (χ3v) is 4.43. The second-order valence-electron chi connectivity index (χ2n) is 4.99. The van der Waals surface area contributed by atoms with Crippen molar-refractivity contribution in [1.82, 2.24) is 15.5 Å². The highest BCUT2D eigenvalue weighted by Gasteiger charge is 2.11. The van der Waals surface area contributed by atoms with E-state index in [9.17, 15) is 4.79 Å². The molecule has 6 heteroatoms. The van der Waals surface area contributed by atoms with Gasteiger partial charge in [-0.25, -0.2) is 4.98 Å². The number of amides is 1. The summed E-state index contributed by atoms with van der Waals surface area (Å²) in [4.78, 5) is 16.5. The van der Waals surface area contributed by atoms with E-state index in [0.717, 1.165) is 28.9 Å². The zero-order valence-electron chi connectivity index (χ0n) is 12.3. The lowest BCUT2D eigenvalue weighted by atomic mass is 10.1. The summed E-state index contributed by atoms with van der Waals surface area (Å²) < 4.78 is 5.20. The van der Waals surface area contributed by atoms with Gasteiger partial charge in [-0.05, 0) is 18.6 Å². The number of carbonyl (C=O) groups is 1. The molecule has 0 atom stereocenters. The smallest absolute Gasteiger partial charge is 0.226 e. The maximum Gasteiger partial charge on any atom is 0.226 e. The summed E-state index contributed by atoms with van der Waals surface area (Å²) in [6.07, 6.45) is 1.94. The van der Waals surface area contributed by atoms with Gasteiger partial charge in [-0.3, -0.25) is 4.79 Å². The summed E-state index contributed by atoms with van der Waals surface area (Å²) in [5, 5.41) is 11.0. The minimum atomic E-state index is -0.0509. The molecule has 0 aliphatic carbocycles. The number of aromatic nitrogens is 2. The van der Waals surface area contributed by atoms with Crippen LogP contribution >= 0.6 is 11.3 Å². The van der Waals surface area contributed by atoms with E-state index in [1.54, 1.807) is 11.3 Å². The number of hydrogen-bond donors (Lipinski definition) is 1. The third kappa shape index (κ3) is 3.33. The fraction of sp³-hybridized carbons (Fsp3) is 0.312. The van der Waals surface area contributed by atoms with Crippen LogP contribution in [0.5, 0.6) is 0 Å². The van der Waals surface area contributed by atoms with E-state index in [-0.39, 0.29) is 12.3 Å². The molecule has 3 aromatic rings. The van der Waals surface area contributed by atoms with Crippen molar-refractivity contribution in [3.63, 3.8) is 0 Å². The van der Waals surface area contributed by atoms with Crippen LogP contribution in [0.4, 0.5) is 0 Å². The Bertz CT molecular complexity index is 778. The van der Waals surface area contributed by atoms with Crippen molar-refractivity contribution < 1.29 is 9.32 Å². The molecule has 0 saturated heterocycles. The Balaban J connectivity index is 1.52. The van der Waals surface area contributed by atoms with Crippen LogP contribution in [0.25, 0.3) is 11.0 Å². The molecule has 0 spiro atoms. The molecule has 0 radical (unpaired) electrons. The van der Waals surface area contributed by atoms with Crippen LogP contribution in [0.15, 0.2) is 34.2 Å². The van der Waals surface area contributed by atoms with Crippen molar-refractivity contribution in [2.45, 2.75) is 26.2 Å². The normalized spacial score (nSPS) is 11.0. The lowest BCUT2D eigenvalue weighted by Crippen LogP contribution is -2.27. The van der Waals surface area contributed by atoms with Crippen molar-refractivity contribution in [2.24, 2.45) is 0 Å². The van der Waals surface area contributed by atoms with Gasteiger partial charge < -0.3 is 9.84 Å². The first-order valence-electron chi connectivity index (χ1n) is 7.29. The van der Waals surface area contributed by atoms with Crippen LogP contribution < -0.4 is 5.32 Å². The summed E-state index contributed by atoms with van der Waals surface area (Å²) in [6.45, 7) is 2.67. The molecule has 0 aliphatic rings. The summed E-state index contributed by atoms with van der Waals surface area (Å²) in [7, 11) is 0. The van der Waals surface area contributed by atoms with Gasteiger partial charge in [0.1, 0.15) is 5.69 Å². The second-order valence-corrected chi connectivity index (χ2v) is 5.93. The first-order valence-corrected chi connectivity index (χ1v) is 8.17. The molecule has 0 saturated carbocycles. The number of rotatable bonds is 6. The average molecular weight is 315 g/mol. The Hall–Kier alpha value is -2.21. The molecule has 0 unspecified atom stereocenters. The average Bonchev–Trinajstić information content (AvgIpc) is 3.15. The Morgan fingerprint density at radius 2 is 2.23 bits per heavy atom. The van der Waals surface area contributed by atoms with Crippen molar-refractivity contribution >= 4 is 28.2 Å². The molecular formula is C16H17N3O2S. The number of fused-ring (bicyclic) bond motifs is 1. The molecule has 22 heavy (non-hydrogen) atoms. The van der Waals surface area contributed by atoms with E-state index in [1.165, 1.54) is 0 Å². The van der Waals surface area contributed by atoms with Gasteiger partial charge in [0.2, 0.25) is 5.91 Å². The molecule has 0 bridgehead atoms. The van der Waals surface area contributed by atoms with E-state index in [2.05, 4.69) is 27.8 Å². The van der Waals surface area contributed by atoms with Crippen molar-refractivity contribution in [3.05, 3.63) is 46.0 Å². The number of nitrogens with one attached hydrogen (secondary N) is 1. The van der Waals surface area contributed by atoms with E-state index in [4.69, 9.17) is 4.52 Å². The summed E-state index contributed by atoms with van der Waals surface area (Å²) in [5.74, 6) is -0.0509. The topological polar surface area (TPSA) is 68.0 Å². The fourth-order valence-corrected chi connectivity index (χ4v) is 3.02. The second kappa shape index (κ2) is 6.70. The van der Waals surface area contributed by atoms with Gasteiger partial charge in [-0.1, -0.05) is 24.2 Å². The maximum atomic E-state index is 12.0. The van der Waals surface area contributed by atoms with Crippen molar-refractivity contribution in [3.8, 4) is 0 Å². The SMILES string of the molecule is CCc1nc(CCNC(=O)Cc2noc3ccccc23)cs1. The first-order chi connectivity index (χ1) is 10.8. The van der Waals surface area contributed by atoms with E-state index < -0.39 is 0 Å². The molecule has 1 amide bonds. The van der Waals surface area contributed by atoms with Crippen LogP contribution in [0, 0.1) is 0 Å². The predicted molar refractivity (Wildman–Crippen MR) is 85.9 cm³/mol. The monoisotopic (exact) mass is 315 g/mol.